The van der Waals surface area contributed by atoms with Gasteiger partial charge in [0.1, 0.15) is 11.6 Å². The molecule has 1 aliphatic heterocycles. The molecule has 2 aromatic heterocycles. The zero-order valence-corrected chi connectivity index (χ0v) is 15.8. The summed E-state index contributed by atoms with van der Waals surface area (Å²) in [5.41, 5.74) is 1.00. The average Bonchev–Trinajstić information content (AvgIpc) is 3.22. The normalized spacial score (nSPS) is 16.7. The van der Waals surface area contributed by atoms with E-state index in [4.69, 9.17) is 4.74 Å². The molecule has 3 heterocycles. The van der Waals surface area contributed by atoms with Crippen molar-refractivity contribution in [1.82, 2.24) is 19.4 Å². The molecule has 144 valence electrons. The van der Waals surface area contributed by atoms with Crippen LogP contribution in [-0.4, -0.2) is 45.0 Å². The van der Waals surface area contributed by atoms with E-state index in [9.17, 15) is 4.79 Å². The van der Waals surface area contributed by atoms with Gasteiger partial charge in [-0.2, -0.15) is 0 Å². The maximum Gasteiger partial charge on any atom is 0.260 e. The van der Waals surface area contributed by atoms with Crippen molar-refractivity contribution < 1.29 is 9.53 Å². The minimum atomic E-state index is 0.0244. The minimum Gasteiger partial charge on any atom is -0.484 e. The van der Waals surface area contributed by atoms with Crippen molar-refractivity contribution in [2.24, 2.45) is 0 Å². The summed E-state index contributed by atoms with van der Waals surface area (Å²) in [5, 5.41) is 0. The number of hydrogen-bond donors (Lipinski definition) is 0. The van der Waals surface area contributed by atoms with Crippen LogP contribution in [0.4, 0.5) is 0 Å². The molecular weight excluding hydrogens is 352 g/mol. The Morgan fingerprint density at radius 2 is 1.93 bits per heavy atom. The van der Waals surface area contributed by atoms with Crippen molar-refractivity contribution in [2.45, 2.75) is 25.3 Å². The number of ether oxygens (including phenoxy) is 1. The van der Waals surface area contributed by atoms with Gasteiger partial charge in [0, 0.05) is 37.6 Å². The first kappa shape index (κ1) is 18.2. The molecule has 1 saturated heterocycles. The molecule has 0 spiro atoms. The Morgan fingerprint density at radius 1 is 1.07 bits per heavy atom. The zero-order valence-electron chi connectivity index (χ0n) is 15.8. The van der Waals surface area contributed by atoms with Gasteiger partial charge in [-0.25, -0.2) is 4.98 Å². The number of pyridine rings is 1. The van der Waals surface area contributed by atoms with Gasteiger partial charge >= 0.3 is 0 Å². The molecule has 1 fully saturated rings. The van der Waals surface area contributed by atoms with E-state index in [2.05, 4.69) is 14.5 Å². The molecule has 4 rings (SSSR count). The van der Waals surface area contributed by atoms with Crippen LogP contribution < -0.4 is 4.74 Å². The highest BCUT2D eigenvalue weighted by molar-refractivity contribution is 5.78. The quantitative estimate of drug-likeness (QED) is 0.663. The SMILES string of the molecule is O=C(COc1ccccc1)N1CCC[C@H](c2nccn2Cc2ccccn2)C1. The number of rotatable bonds is 6. The summed E-state index contributed by atoms with van der Waals surface area (Å²) < 4.78 is 7.77. The first-order valence-corrected chi connectivity index (χ1v) is 9.66. The predicted octanol–water partition coefficient (Wildman–Crippen LogP) is 3.11. The number of carbonyl (C=O) groups is 1. The second-order valence-corrected chi connectivity index (χ2v) is 7.02. The topological polar surface area (TPSA) is 60.2 Å². The largest absolute Gasteiger partial charge is 0.484 e. The highest BCUT2D eigenvalue weighted by Gasteiger charge is 2.27. The maximum atomic E-state index is 12.6. The van der Waals surface area contributed by atoms with E-state index in [1.54, 1.807) is 6.20 Å². The van der Waals surface area contributed by atoms with Crippen molar-refractivity contribution in [1.29, 1.82) is 0 Å². The maximum absolute atomic E-state index is 12.6. The summed E-state index contributed by atoms with van der Waals surface area (Å²) in [6.07, 6.45) is 7.63. The molecule has 0 N–H and O–H groups in total. The van der Waals surface area contributed by atoms with E-state index in [0.717, 1.165) is 36.7 Å². The third-order valence-electron chi connectivity index (χ3n) is 5.05. The molecule has 0 bridgehead atoms. The van der Waals surface area contributed by atoms with Gasteiger partial charge in [-0.1, -0.05) is 24.3 Å². The van der Waals surface area contributed by atoms with Crippen LogP contribution in [0, 0.1) is 0 Å². The monoisotopic (exact) mass is 376 g/mol. The second-order valence-electron chi connectivity index (χ2n) is 7.02. The fourth-order valence-electron chi connectivity index (χ4n) is 3.65. The number of likely N-dealkylation sites (tertiary alicyclic amines) is 1. The van der Waals surface area contributed by atoms with Gasteiger partial charge in [0.2, 0.25) is 0 Å². The molecule has 6 nitrogen and oxygen atoms in total. The number of nitrogens with zero attached hydrogens (tertiary/aromatic N) is 4. The summed E-state index contributed by atoms with van der Waals surface area (Å²) in [6.45, 7) is 2.21. The number of amides is 1. The van der Waals surface area contributed by atoms with Crippen LogP contribution in [0.2, 0.25) is 0 Å². The third-order valence-corrected chi connectivity index (χ3v) is 5.05. The lowest BCUT2D eigenvalue weighted by atomic mass is 9.97. The van der Waals surface area contributed by atoms with Gasteiger partial charge < -0.3 is 14.2 Å². The van der Waals surface area contributed by atoms with Crippen LogP contribution in [-0.2, 0) is 11.3 Å². The van der Waals surface area contributed by atoms with E-state index < -0.39 is 0 Å². The van der Waals surface area contributed by atoms with Gasteiger partial charge in [-0.15, -0.1) is 0 Å². The van der Waals surface area contributed by atoms with Crippen molar-refractivity contribution in [2.75, 3.05) is 19.7 Å². The molecule has 1 amide bonds. The summed E-state index contributed by atoms with van der Waals surface area (Å²) in [4.78, 5) is 23.5. The number of imidazole rings is 1. The lowest BCUT2D eigenvalue weighted by molar-refractivity contribution is -0.134. The molecule has 0 saturated carbocycles. The molecule has 1 atom stereocenters. The number of carbonyl (C=O) groups excluding carboxylic acids is 1. The molecule has 28 heavy (non-hydrogen) atoms. The zero-order chi connectivity index (χ0) is 19.2. The molecule has 0 unspecified atom stereocenters. The Hall–Kier alpha value is -3.15. The van der Waals surface area contributed by atoms with Crippen LogP contribution in [0.1, 0.15) is 30.3 Å². The third kappa shape index (κ3) is 4.39. The number of benzene rings is 1. The van der Waals surface area contributed by atoms with Crippen LogP contribution in [0.3, 0.4) is 0 Å². The van der Waals surface area contributed by atoms with Crippen LogP contribution in [0.5, 0.6) is 5.75 Å². The molecule has 3 aromatic rings. The van der Waals surface area contributed by atoms with Crippen molar-refractivity contribution >= 4 is 5.91 Å². The molecule has 1 aliphatic rings. The molecule has 1 aromatic carbocycles. The lowest BCUT2D eigenvalue weighted by Gasteiger charge is -2.32. The smallest absolute Gasteiger partial charge is 0.260 e. The van der Waals surface area contributed by atoms with Crippen LogP contribution in [0.25, 0.3) is 0 Å². The predicted molar refractivity (Wildman–Crippen MR) is 106 cm³/mol. The lowest BCUT2D eigenvalue weighted by Crippen LogP contribution is -2.42. The Labute approximate surface area is 164 Å². The average molecular weight is 376 g/mol. The van der Waals surface area contributed by atoms with Gasteiger partial charge in [0.15, 0.2) is 6.61 Å². The van der Waals surface area contributed by atoms with Crippen molar-refractivity contribution in [3.8, 4) is 5.75 Å². The first-order valence-electron chi connectivity index (χ1n) is 9.66. The molecule has 0 aliphatic carbocycles. The molecular formula is C22H24N4O2. The van der Waals surface area contributed by atoms with E-state index in [0.29, 0.717) is 13.1 Å². The molecule has 0 radical (unpaired) electrons. The number of piperidine rings is 1. The van der Waals surface area contributed by atoms with E-state index >= 15 is 0 Å². The second kappa shape index (κ2) is 8.69. The van der Waals surface area contributed by atoms with E-state index in [-0.39, 0.29) is 18.4 Å². The Morgan fingerprint density at radius 3 is 2.75 bits per heavy atom. The Balaban J connectivity index is 1.39. The number of aromatic nitrogens is 3. The van der Waals surface area contributed by atoms with Gasteiger partial charge in [-0.3, -0.25) is 9.78 Å². The molecule has 6 heteroatoms. The summed E-state index contributed by atoms with van der Waals surface area (Å²) in [5.74, 6) is 1.99. The van der Waals surface area contributed by atoms with Gasteiger partial charge in [-0.05, 0) is 37.1 Å². The fraction of sp³-hybridized carbons (Fsp3) is 0.318. The summed E-state index contributed by atoms with van der Waals surface area (Å²) in [7, 11) is 0. The fourth-order valence-corrected chi connectivity index (χ4v) is 3.65. The van der Waals surface area contributed by atoms with Crippen molar-refractivity contribution in [3.63, 3.8) is 0 Å². The minimum absolute atomic E-state index is 0.0244. The van der Waals surface area contributed by atoms with Crippen LogP contribution in [0.15, 0.2) is 67.1 Å². The van der Waals surface area contributed by atoms with Crippen LogP contribution >= 0.6 is 0 Å². The summed E-state index contributed by atoms with van der Waals surface area (Å²) >= 11 is 0. The Bertz CT molecular complexity index is 895. The Kier molecular flexibility index (Phi) is 5.66. The number of para-hydroxylation sites is 1. The van der Waals surface area contributed by atoms with Gasteiger partial charge in [0.25, 0.3) is 5.91 Å². The van der Waals surface area contributed by atoms with E-state index in [1.807, 2.05) is 65.8 Å². The highest BCUT2D eigenvalue weighted by atomic mass is 16.5. The standard InChI is InChI=1S/C22H24N4O2/c27-21(17-28-20-9-2-1-3-10-20)25-13-6-7-18(15-25)22-24-12-14-26(22)16-19-8-4-5-11-23-19/h1-5,8-12,14,18H,6-7,13,15-17H2/t18-/m0/s1. The number of hydrogen-bond acceptors (Lipinski definition) is 4. The van der Waals surface area contributed by atoms with E-state index in [1.165, 1.54) is 0 Å². The van der Waals surface area contributed by atoms with Gasteiger partial charge in [0.05, 0.1) is 12.2 Å². The van der Waals surface area contributed by atoms with Crippen molar-refractivity contribution in [3.05, 3.63) is 78.6 Å². The summed E-state index contributed by atoms with van der Waals surface area (Å²) in [6, 6.07) is 15.4. The first-order chi connectivity index (χ1) is 13.8. The highest BCUT2D eigenvalue weighted by Crippen LogP contribution is 2.26.